The Kier molecular flexibility index (Phi) is 7.48. The largest absolute Gasteiger partial charge is 0.348 e. The van der Waals surface area contributed by atoms with E-state index >= 15 is 0 Å². The number of carbonyl (C=O) groups is 1. The highest BCUT2D eigenvalue weighted by atomic mass is 32.2. The third-order valence-electron chi connectivity index (χ3n) is 5.24. The number of aryl methyl sites for hydroxylation is 1. The van der Waals surface area contributed by atoms with Crippen molar-refractivity contribution in [1.82, 2.24) is 24.3 Å². The Morgan fingerprint density at radius 1 is 1.10 bits per heavy atom. The van der Waals surface area contributed by atoms with Crippen molar-refractivity contribution in [2.75, 3.05) is 5.75 Å². The minimum absolute atomic E-state index is 0.139. The quantitative estimate of drug-likeness (QED) is 0.330. The number of hydrogen-bond donors (Lipinski definition) is 0. The zero-order valence-corrected chi connectivity index (χ0v) is 19.4. The summed E-state index contributed by atoms with van der Waals surface area (Å²) in [4.78, 5) is 17.1. The lowest BCUT2D eigenvalue weighted by Gasteiger charge is -2.11. The molecule has 0 bridgehead atoms. The molecule has 3 heterocycles. The van der Waals surface area contributed by atoms with Crippen molar-refractivity contribution >= 4 is 17.5 Å². The first-order chi connectivity index (χ1) is 14.4. The summed E-state index contributed by atoms with van der Waals surface area (Å²) in [5.74, 6) is 1.95. The lowest BCUT2D eigenvalue weighted by Crippen LogP contribution is -2.09. The van der Waals surface area contributed by atoms with Gasteiger partial charge in [-0.15, -0.1) is 10.2 Å². The molecular weight excluding hydrogens is 394 g/mol. The van der Waals surface area contributed by atoms with Gasteiger partial charge in [-0.2, -0.15) is 0 Å². The molecule has 30 heavy (non-hydrogen) atoms. The Bertz CT molecular complexity index is 991. The van der Waals surface area contributed by atoms with Gasteiger partial charge in [0.2, 0.25) is 0 Å². The van der Waals surface area contributed by atoms with E-state index in [0.717, 1.165) is 59.4 Å². The first-order valence-electron chi connectivity index (χ1n) is 10.6. The van der Waals surface area contributed by atoms with Gasteiger partial charge in [0.1, 0.15) is 0 Å². The van der Waals surface area contributed by atoms with Crippen molar-refractivity contribution in [3.05, 3.63) is 47.5 Å². The molecule has 0 saturated carbocycles. The van der Waals surface area contributed by atoms with Crippen LogP contribution >= 0.6 is 11.8 Å². The number of Topliss-reactive ketones (excluding diaryl/α,β-unsaturated/α-hetero) is 1. The predicted octanol–water partition coefficient (Wildman–Crippen LogP) is 5.19. The van der Waals surface area contributed by atoms with Gasteiger partial charge in [-0.1, -0.05) is 32.5 Å². The van der Waals surface area contributed by atoms with E-state index in [1.807, 2.05) is 25.1 Å². The number of aromatic nitrogens is 5. The fourth-order valence-electron chi connectivity index (χ4n) is 3.56. The molecule has 0 saturated heterocycles. The third kappa shape index (κ3) is 5.01. The van der Waals surface area contributed by atoms with Gasteiger partial charge in [-0.05, 0) is 50.8 Å². The number of thioether (sulfide) groups is 1. The molecule has 0 radical (unpaired) electrons. The third-order valence-corrected chi connectivity index (χ3v) is 6.21. The van der Waals surface area contributed by atoms with Crippen molar-refractivity contribution < 1.29 is 4.79 Å². The first kappa shape index (κ1) is 22.3. The Hall–Kier alpha value is -2.41. The van der Waals surface area contributed by atoms with Gasteiger partial charge in [-0.3, -0.25) is 9.78 Å². The number of ketones is 1. The molecule has 3 aromatic rings. The molecular formula is C23H31N5OS. The lowest BCUT2D eigenvalue weighted by molar-refractivity contribution is 0.102. The number of pyridine rings is 1. The van der Waals surface area contributed by atoms with E-state index in [0.29, 0.717) is 11.7 Å². The topological polar surface area (TPSA) is 65.6 Å². The van der Waals surface area contributed by atoms with Crippen LogP contribution < -0.4 is 0 Å². The number of nitrogens with zero attached hydrogens (tertiary/aromatic N) is 5. The van der Waals surface area contributed by atoms with E-state index in [2.05, 4.69) is 52.0 Å². The normalized spacial score (nSPS) is 11.4. The van der Waals surface area contributed by atoms with Crippen molar-refractivity contribution in [2.24, 2.45) is 5.92 Å². The first-order valence-corrected chi connectivity index (χ1v) is 11.6. The molecule has 0 aromatic carbocycles. The van der Waals surface area contributed by atoms with E-state index in [4.69, 9.17) is 0 Å². The zero-order chi connectivity index (χ0) is 21.7. The molecule has 0 aliphatic carbocycles. The fraction of sp³-hybridized carbons (Fsp3) is 0.478. The van der Waals surface area contributed by atoms with Gasteiger partial charge in [0.05, 0.1) is 5.75 Å². The molecule has 0 amide bonds. The van der Waals surface area contributed by atoms with Gasteiger partial charge in [0.15, 0.2) is 16.8 Å². The summed E-state index contributed by atoms with van der Waals surface area (Å²) in [6.45, 7) is 12.5. The predicted molar refractivity (Wildman–Crippen MR) is 122 cm³/mol. The summed E-state index contributed by atoms with van der Waals surface area (Å²) in [5, 5.41) is 9.53. The summed E-state index contributed by atoms with van der Waals surface area (Å²) in [6, 6.07) is 5.89. The number of hydrogen-bond acceptors (Lipinski definition) is 5. The molecule has 7 heteroatoms. The van der Waals surface area contributed by atoms with Crippen LogP contribution in [0.1, 0.15) is 55.4 Å². The maximum absolute atomic E-state index is 13.0. The minimum Gasteiger partial charge on any atom is -0.348 e. The van der Waals surface area contributed by atoms with E-state index in [1.54, 1.807) is 12.4 Å². The standard InChI is InChI=1S/C23H31N5OS/c1-6-12-28-22(19-7-10-24-11-8-19)25-26-23(28)30-15-21(29)20-14-17(4)27(18(20)5)13-9-16(2)3/h7-8,10-11,14,16H,6,9,12-13,15H2,1-5H3. The van der Waals surface area contributed by atoms with Gasteiger partial charge in [0.25, 0.3) is 0 Å². The Balaban J connectivity index is 1.75. The number of rotatable bonds is 10. The Morgan fingerprint density at radius 3 is 2.50 bits per heavy atom. The molecule has 3 rings (SSSR count). The maximum Gasteiger partial charge on any atom is 0.191 e. The lowest BCUT2D eigenvalue weighted by atomic mass is 10.1. The van der Waals surface area contributed by atoms with Crippen molar-refractivity contribution in [3.63, 3.8) is 0 Å². The van der Waals surface area contributed by atoms with Crippen LogP contribution in [0.15, 0.2) is 35.7 Å². The maximum atomic E-state index is 13.0. The summed E-state index contributed by atoms with van der Waals surface area (Å²) in [6.07, 6.45) is 5.59. The van der Waals surface area contributed by atoms with Crippen LogP contribution in [-0.2, 0) is 13.1 Å². The summed E-state index contributed by atoms with van der Waals surface area (Å²) in [7, 11) is 0. The van der Waals surface area contributed by atoms with Crippen LogP contribution in [0.4, 0.5) is 0 Å². The molecule has 0 atom stereocenters. The Morgan fingerprint density at radius 2 is 1.83 bits per heavy atom. The monoisotopic (exact) mass is 425 g/mol. The molecule has 6 nitrogen and oxygen atoms in total. The highest BCUT2D eigenvalue weighted by Gasteiger charge is 2.19. The molecule has 0 spiro atoms. The molecule has 3 aromatic heterocycles. The van der Waals surface area contributed by atoms with E-state index in [9.17, 15) is 4.79 Å². The second-order valence-corrected chi connectivity index (χ2v) is 8.97. The van der Waals surface area contributed by atoms with Crippen LogP contribution in [0.3, 0.4) is 0 Å². The van der Waals surface area contributed by atoms with E-state index in [-0.39, 0.29) is 5.78 Å². The molecule has 160 valence electrons. The van der Waals surface area contributed by atoms with Crippen molar-refractivity contribution in [1.29, 1.82) is 0 Å². The molecule has 0 unspecified atom stereocenters. The smallest absolute Gasteiger partial charge is 0.191 e. The summed E-state index contributed by atoms with van der Waals surface area (Å²) < 4.78 is 4.36. The highest BCUT2D eigenvalue weighted by Crippen LogP contribution is 2.26. The van der Waals surface area contributed by atoms with Crippen molar-refractivity contribution in [3.8, 4) is 11.4 Å². The Labute approximate surface area is 183 Å². The van der Waals surface area contributed by atoms with E-state index in [1.165, 1.54) is 11.8 Å². The van der Waals surface area contributed by atoms with Gasteiger partial charge in [-0.25, -0.2) is 0 Å². The summed E-state index contributed by atoms with van der Waals surface area (Å²) in [5.41, 5.74) is 4.01. The average Bonchev–Trinajstić information content (AvgIpc) is 3.26. The van der Waals surface area contributed by atoms with Crippen LogP contribution in [0.2, 0.25) is 0 Å². The van der Waals surface area contributed by atoms with Crippen LogP contribution in [0.25, 0.3) is 11.4 Å². The number of carbonyl (C=O) groups excluding carboxylic acids is 1. The van der Waals surface area contributed by atoms with Crippen LogP contribution in [-0.4, -0.2) is 35.9 Å². The second-order valence-electron chi connectivity index (χ2n) is 8.02. The molecule has 0 fully saturated rings. The second kappa shape index (κ2) is 10.1. The SMILES string of the molecule is CCCn1c(SCC(=O)c2cc(C)n(CCC(C)C)c2C)nnc1-c1ccncc1. The van der Waals surface area contributed by atoms with Gasteiger partial charge in [0, 0.05) is 48.0 Å². The molecule has 0 aliphatic rings. The van der Waals surface area contributed by atoms with Crippen LogP contribution in [0, 0.1) is 19.8 Å². The van der Waals surface area contributed by atoms with Gasteiger partial charge < -0.3 is 9.13 Å². The molecule has 0 N–H and O–H groups in total. The summed E-state index contributed by atoms with van der Waals surface area (Å²) >= 11 is 1.46. The van der Waals surface area contributed by atoms with Gasteiger partial charge >= 0.3 is 0 Å². The fourth-order valence-corrected chi connectivity index (χ4v) is 4.41. The van der Waals surface area contributed by atoms with E-state index < -0.39 is 0 Å². The van der Waals surface area contributed by atoms with Crippen LogP contribution in [0.5, 0.6) is 0 Å². The highest BCUT2D eigenvalue weighted by molar-refractivity contribution is 7.99. The minimum atomic E-state index is 0.139. The average molecular weight is 426 g/mol. The van der Waals surface area contributed by atoms with Crippen molar-refractivity contribution in [2.45, 2.75) is 65.7 Å². The zero-order valence-electron chi connectivity index (χ0n) is 18.6. The molecule has 0 aliphatic heterocycles.